The summed E-state index contributed by atoms with van der Waals surface area (Å²) in [4.78, 5) is 27.0. The first-order valence-electron chi connectivity index (χ1n) is 8.91. The number of hydrogen-bond acceptors (Lipinski definition) is 3. The second-order valence-corrected chi connectivity index (χ2v) is 6.69. The summed E-state index contributed by atoms with van der Waals surface area (Å²) in [6.07, 6.45) is 6.45. The molecule has 1 unspecified atom stereocenters. The molecule has 5 nitrogen and oxygen atoms in total. The number of carbonyl (C=O) groups is 2. The molecule has 0 spiro atoms. The van der Waals surface area contributed by atoms with Crippen LogP contribution >= 0.6 is 0 Å². The van der Waals surface area contributed by atoms with Crippen LogP contribution in [0.25, 0.3) is 0 Å². The number of likely N-dealkylation sites (tertiary alicyclic amines) is 1. The summed E-state index contributed by atoms with van der Waals surface area (Å²) in [5, 5.41) is 2.90. The lowest BCUT2D eigenvalue weighted by Gasteiger charge is -2.31. The number of nitrogens with zero attached hydrogens (tertiary/aromatic N) is 1. The fourth-order valence-corrected chi connectivity index (χ4v) is 3.86. The lowest BCUT2D eigenvalue weighted by atomic mass is 9.94. The molecule has 1 atom stereocenters. The molecule has 1 saturated heterocycles. The van der Waals surface area contributed by atoms with Crippen LogP contribution in [0.1, 0.15) is 44.1 Å². The number of para-hydroxylation sites is 1. The van der Waals surface area contributed by atoms with Crippen molar-refractivity contribution in [2.75, 3.05) is 13.7 Å². The van der Waals surface area contributed by atoms with E-state index >= 15 is 0 Å². The molecule has 1 saturated carbocycles. The molecule has 1 N–H and O–H groups in total. The second-order valence-electron chi connectivity index (χ2n) is 6.69. The van der Waals surface area contributed by atoms with E-state index in [0.29, 0.717) is 19.0 Å². The van der Waals surface area contributed by atoms with Crippen LogP contribution in [-0.2, 0) is 16.1 Å². The molecule has 24 heavy (non-hydrogen) atoms. The Morgan fingerprint density at radius 1 is 1.21 bits per heavy atom. The lowest BCUT2D eigenvalue weighted by Crippen LogP contribution is -2.41. The third-order valence-corrected chi connectivity index (χ3v) is 5.22. The minimum absolute atomic E-state index is 0.0134. The van der Waals surface area contributed by atoms with Gasteiger partial charge in [0.15, 0.2) is 0 Å². The molecule has 1 aliphatic carbocycles. The molecule has 2 fully saturated rings. The number of benzene rings is 1. The first kappa shape index (κ1) is 16.8. The van der Waals surface area contributed by atoms with Gasteiger partial charge in [0.25, 0.3) is 0 Å². The largest absolute Gasteiger partial charge is 0.496 e. The molecule has 2 aliphatic rings. The molecule has 1 aromatic rings. The van der Waals surface area contributed by atoms with Gasteiger partial charge in [-0.25, -0.2) is 0 Å². The van der Waals surface area contributed by atoms with E-state index in [1.165, 1.54) is 19.3 Å². The molecule has 5 heteroatoms. The molecule has 1 aromatic carbocycles. The highest BCUT2D eigenvalue weighted by molar-refractivity contribution is 6.01. The van der Waals surface area contributed by atoms with Gasteiger partial charge < -0.3 is 15.0 Å². The van der Waals surface area contributed by atoms with E-state index in [4.69, 9.17) is 4.74 Å². The van der Waals surface area contributed by atoms with Crippen molar-refractivity contribution in [2.24, 2.45) is 5.92 Å². The molecule has 0 radical (unpaired) electrons. The van der Waals surface area contributed by atoms with Gasteiger partial charge in [0.05, 0.1) is 7.11 Å². The minimum Gasteiger partial charge on any atom is -0.496 e. The smallest absolute Gasteiger partial charge is 0.235 e. The molecular formula is C19H26N2O3. The number of methoxy groups -OCH3 is 1. The van der Waals surface area contributed by atoms with Gasteiger partial charge in [-0.1, -0.05) is 37.5 Å². The fraction of sp³-hybridized carbons (Fsp3) is 0.579. The summed E-state index contributed by atoms with van der Waals surface area (Å²) in [5.74, 6) is 0.0738. The Labute approximate surface area is 143 Å². The van der Waals surface area contributed by atoms with Crippen LogP contribution in [0.5, 0.6) is 5.75 Å². The Balaban J connectivity index is 1.56. The van der Waals surface area contributed by atoms with Crippen LogP contribution < -0.4 is 10.1 Å². The summed E-state index contributed by atoms with van der Waals surface area (Å²) in [5.41, 5.74) is 0.919. The lowest BCUT2D eigenvalue weighted by molar-refractivity contribution is -0.139. The Morgan fingerprint density at radius 2 is 1.96 bits per heavy atom. The molecule has 0 aromatic heterocycles. The van der Waals surface area contributed by atoms with Gasteiger partial charge in [0, 0.05) is 24.7 Å². The summed E-state index contributed by atoms with van der Waals surface area (Å²) < 4.78 is 5.29. The maximum Gasteiger partial charge on any atom is 0.235 e. The molecule has 0 bridgehead atoms. The van der Waals surface area contributed by atoms with Crippen molar-refractivity contribution in [3.8, 4) is 5.75 Å². The number of nitrogens with one attached hydrogen (secondary N) is 1. The van der Waals surface area contributed by atoms with Crippen LogP contribution in [0.4, 0.5) is 0 Å². The van der Waals surface area contributed by atoms with Crippen molar-refractivity contribution >= 4 is 11.8 Å². The average molecular weight is 330 g/mol. The Morgan fingerprint density at radius 3 is 2.71 bits per heavy atom. The zero-order valence-electron chi connectivity index (χ0n) is 14.3. The van der Waals surface area contributed by atoms with Gasteiger partial charge in [-0.3, -0.25) is 9.59 Å². The van der Waals surface area contributed by atoms with E-state index < -0.39 is 5.92 Å². The number of rotatable bonds is 5. The van der Waals surface area contributed by atoms with Crippen molar-refractivity contribution in [2.45, 2.75) is 51.1 Å². The van der Waals surface area contributed by atoms with Gasteiger partial charge in [-0.15, -0.1) is 0 Å². The monoisotopic (exact) mass is 330 g/mol. The van der Waals surface area contributed by atoms with E-state index in [2.05, 4.69) is 5.32 Å². The minimum atomic E-state index is -0.526. The summed E-state index contributed by atoms with van der Waals surface area (Å²) in [6.45, 7) is 1.10. The number of carbonyl (C=O) groups excluding carboxylic acids is 2. The van der Waals surface area contributed by atoms with Crippen LogP contribution in [0.3, 0.4) is 0 Å². The molecule has 2 amide bonds. The van der Waals surface area contributed by atoms with Gasteiger partial charge >= 0.3 is 0 Å². The molecule has 1 heterocycles. The third kappa shape index (κ3) is 3.55. The summed E-state index contributed by atoms with van der Waals surface area (Å²) in [6, 6.07) is 7.94. The van der Waals surface area contributed by atoms with E-state index in [1.54, 1.807) is 7.11 Å². The van der Waals surface area contributed by atoms with Crippen LogP contribution in [-0.4, -0.2) is 36.4 Å². The Bertz CT molecular complexity index is 596. The van der Waals surface area contributed by atoms with E-state index in [1.807, 2.05) is 29.2 Å². The topological polar surface area (TPSA) is 58.6 Å². The first-order chi connectivity index (χ1) is 11.7. The quantitative estimate of drug-likeness (QED) is 0.844. The second kappa shape index (κ2) is 7.69. The predicted octanol–water partition coefficient (Wildman–Crippen LogP) is 2.49. The van der Waals surface area contributed by atoms with Crippen LogP contribution in [0, 0.1) is 5.92 Å². The van der Waals surface area contributed by atoms with Crippen LogP contribution in [0.15, 0.2) is 24.3 Å². The highest BCUT2D eigenvalue weighted by Gasteiger charge is 2.40. The Kier molecular flexibility index (Phi) is 5.38. The van der Waals surface area contributed by atoms with Gasteiger partial charge in [0.2, 0.25) is 11.8 Å². The highest BCUT2D eigenvalue weighted by atomic mass is 16.5. The SMILES string of the molecule is COc1ccccc1CNC(=O)C1CCN(C2CCCCC2)C1=O. The molecule has 3 rings (SSSR count). The molecular weight excluding hydrogens is 304 g/mol. The van der Waals surface area contributed by atoms with E-state index in [9.17, 15) is 9.59 Å². The average Bonchev–Trinajstić information content (AvgIpc) is 3.02. The molecule has 130 valence electrons. The highest BCUT2D eigenvalue weighted by Crippen LogP contribution is 2.29. The Hall–Kier alpha value is -2.04. The van der Waals surface area contributed by atoms with Gasteiger partial charge in [-0.05, 0) is 25.3 Å². The zero-order chi connectivity index (χ0) is 16.9. The fourth-order valence-electron chi connectivity index (χ4n) is 3.86. The van der Waals surface area contributed by atoms with E-state index in [0.717, 1.165) is 30.7 Å². The van der Waals surface area contributed by atoms with Crippen molar-refractivity contribution in [1.82, 2.24) is 10.2 Å². The van der Waals surface area contributed by atoms with Gasteiger partial charge in [0.1, 0.15) is 11.7 Å². The summed E-state index contributed by atoms with van der Waals surface area (Å²) in [7, 11) is 1.61. The van der Waals surface area contributed by atoms with Crippen molar-refractivity contribution in [3.05, 3.63) is 29.8 Å². The third-order valence-electron chi connectivity index (χ3n) is 5.22. The number of amides is 2. The maximum absolute atomic E-state index is 12.6. The van der Waals surface area contributed by atoms with E-state index in [-0.39, 0.29) is 11.8 Å². The normalized spacial score (nSPS) is 21.8. The predicted molar refractivity (Wildman–Crippen MR) is 91.5 cm³/mol. The van der Waals surface area contributed by atoms with Gasteiger partial charge in [-0.2, -0.15) is 0 Å². The van der Waals surface area contributed by atoms with Crippen LogP contribution in [0.2, 0.25) is 0 Å². The first-order valence-corrected chi connectivity index (χ1v) is 8.91. The zero-order valence-corrected chi connectivity index (χ0v) is 14.3. The van der Waals surface area contributed by atoms with Crippen molar-refractivity contribution in [1.29, 1.82) is 0 Å². The van der Waals surface area contributed by atoms with Crippen molar-refractivity contribution < 1.29 is 14.3 Å². The molecule has 1 aliphatic heterocycles. The number of ether oxygens (including phenoxy) is 1. The standard InChI is InChI=1S/C19H26N2O3/c1-24-17-10-6-5-7-14(17)13-20-18(22)16-11-12-21(19(16)23)15-8-3-2-4-9-15/h5-7,10,15-16H,2-4,8-9,11-13H2,1H3,(H,20,22). The maximum atomic E-state index is 12.6. The number of hydrogen-bond donors (Lipinski definition) is 1. The summed E-state index contributed by atoms with van der Waals surface area (Å²) >= 11 is 0. The van der Waals surface area contributed by atoms with Crippen molar-refractivity contribution in [3.63, 3.8) is 0 Å².